The molecule has 0 fully saturated rings. The number of rotatable bonds is 11. The van der Waals surface area contributed by atoms with Crippen molar-refractivity contribution in [1.29, 1.82) is 0 Å². The van der Waals surface area contributed by atoms with Crippen LogP contribution in [0.3, 0.4) is 0 Å². The number of aryl methyl sites for hydroxylation is 1. The molecule has 0 saturated heterocycles. The van der Waals surface area contributed by atoms with Gasteiger partial charge in [-0.2, -0.15) is 0 Å². The summed E-state index contributed by atoms with van der Waals surface area (Å²) in [7, 11) is 9.14. The van der Waals surface area contributed by atoms with E-state index in [0.29, 0.717) is 11.6 Å². The zero-order chi connectivity index (χ0) is 31.4. The van der Waals surface area contributed by atoms with Gasteiger partial charge in [-0.15, -0.1) is 11.3 Å². The molecule has 0 aliphatic rings. The van der Waals surface area contributed by atoms with Gasteiger partial charge < -0.3 is 25.2 Å². The van der Waals surface area contributed by atoms with E-state index in [1.807, 2.05) is 45.3 Å². The molecule has 0 aliphatic carbocycles. The van der Waals surface area contributed by atoms with Crippen LogP contribution in [0.4, 0.5) is 17.2 Å². The Morgan fingerprint density at radius 3 is 2.45 bits per heavy atom. The van der Waals surface area contributed by atoms with E-state index >= 15 is 0 Å². The van der Waals surface area contributed by atoms with E-state index in [0.717, 1.165) is 40.2 Å². The van der Waals surface area contributed by atoms with Gasteiger partial charge in [0.2, 0.25) is 5.91 Å². The van der Waals surface area contributed by atoms with Crippen LogP contribution in [0.1, 0.15) is 34.8 Å². The van der Waals surface area contributed by atoms with Gasteiger partial charge in [-0.1, -0.05) is 24.3 Å². The minimum absolute atomic E-state index is 0.0196. The van der Waals surface area contributed by atoms with Crippen molar-refractivity contribution in [1.82, 2.24) is 20.2 Å². The Bertz CT molecular complexity index is 1780. The molecule has 1 amide bonds. The van der Waals surface area contributed by atoms with Crippen LogP contribution in [0.25, 0.3) is 21.3 Å². The highest BCUT2D eigenvalue weighted by molar-refractivity contribution is 7.15. The summed E-state index contributed by atoms with van der Waals surface area (Å²) in [4.78, 5) is 28.2. The van der Waals surface area contributed by atoms with E-state index in [9.17, 15) is 4.79 Å². The zero-order valence-electron chi connectivity index (χ0n) is 26.4. The summed E-state index contributed by atoms with van der Waals surface area (Å²) in [6.45, 7) is 4.92. The van der Waals surface area contributed by atoms with Gasteiger partial charge in [0.1, 0.15) is 17.4 Å². The van der Waals surface area contributed by atoms with E-state index in [2.05, 4.69) is 71.0 Å². The van der Waals surface area contributed by atoms with Gasteiger partial charge in [0.25, 0.3) is 0 Å². The number of aromatic nitrogens is 2. The molecular formula is C35H40N6O2S. The molecule has 2 N–H and O–H groups in total. The van der Waals surface area contributed by atoms with Crippen molar-refractivity contribution in [2.75, 3.05) is 45.5 Å². The summed E-state index contributed by atoms with van der Waals surface area (Å²) in [5.41, 5.74) is 6.20. The molecule has 0 aliphatic heterocycles. The number of nitrogens with zero attached hydrogens (tertiary/aromatic N) is 4. The van der Waals surface area contributed by atoms with Crippen LogP contribution in [0.5, 0.6) is 5.75 Å². The number of nitrogens with one attached hydrogen (secondary N) is 2. The first-order valence-corrected chi connectivity index (χ1v) is 15.5. The largest absolute Gasteiger partial charge is 0.496 e. The van der Waals surface area contributed by atoms with E-state index in [-0.39, 0.29) is 18.4 Å². The second kappa shape index (κ2) is 13.4. The molecule has 2 heterocycles. The smallest absolute Gasteiger partial charge is 0.226 e. The van der Waals surface area contributed by atoms with Crippen molar-refractivity contribution < 1.29 is 9.53 Å². The molecular weight excluding hydrogens is 568 g/mol. The van der Waals surface area contributed by atoms with E-state index in [1.165, 1.54) is 20.9 Å². The topological polar surface area (TPSA) is 82.6 Å². The first kappa shape index (κ1) is 31.0. The normalized spacial score (nSPS) is 11.8. The molecule has 0 spiro atoms. The molecule has 228 valence electrons. The number of methoxy groups -OCH3 is 1. The molecule has 1 atom stereocenters. The first-order chi connectivity index (χ1) is 21.2. The third kappa shape index (κ3) is 6.69. The molecule has 2 aromatic heterocycles. The molecule has 0 radical (unpaired) electrons. The lowest BCUT2D eigenvalue weighted by molar-refractivity contribution is -0.127. The molecule has 8 nitrogen and oxygen atoms in total. The fourth-order valence-corrected chi connectivity index (χ4v) is 6.32. The summed E-state index contributed by atoms with van der Waals surface area (Å²) in [5, 5.41) is 7.90. The maximum Gasteiger partial charge on any atom is 0.226 e. The van der Waals surface area contributed by atoms with Crippen molar-refractivity contribution in [3.63, 3.8) is 0 Å². The SMILES string of the molecule is CNCc1ccccc1-c1ccc([C@@H](C)Nc2nc(C)nc3ccc(N(C)c4ccc(OC)c(CC(=O)N(C)C)c4)cc23)s1. The Hall–Kier alpha value is -4.47. The molecule has 9 heteroatoms. The molecule has 3 aromatic carbocycles. The van der Waals surface area contributed by atoms with E-state index in [1.54, 1.807) is 37.4 Å². The number of fused-ring (bicyclic) bond motifs is 1. The summed E-state index contributed by atoms with van der Waals surface area (Å²) < 4.78 is 5.55. The van der Waals surface area contributed by atoms with Crippen LogP contribution in [-0.4, -0.2) is 56.1 Å². The maximum absolute atomic E-state index is 12.5. The fraction of sp³-hybridized carbons (Fsp3) is 0.286. The molecule has 0 saturated carbocycles. The van der Waals surface area contributed by atoms with Crippen molar-refractivity contribution in [3.05, 3.63) is 94.6 Å². The van der Waals surface area contributed by atoms with Gasteiger partial charge in [0, 0.05) is 59.8 Å². The fourth-order valence-electron chi connectivity index (χ4n) is 5.24. The van der Waals surface area contributed by atoms with Gasteiger partial charge in [-0.05, 0) is 80.6 Å². The molecule has 0 bridgehead atoms. The number of ether oxygens (including phenoxy) is 1. The van der Waals surface area contributed by atoms with E-state index in [4.69, 9.17) is 14.7 Å². The van der Waals surface area contributed by atoms with Gasteiger partial charge in [0.15, 0.2) is 0 Å². The molecule has 0 unspecified atom stereocenters. The molecule has 44 heavy (non-hydrogen) atoms. The molecule has 5 rings (SSSR count). The summed E-state index contributed by atoms with van der Waals surface area (Å²) in [6, 6.07) is 25.1. The number of anilines is 3. The number of hydrogen-bond acceptors (Lipinski definition) is 8. The average molecular weight is 609 g/mol. The number of carbonyl (C=O) groups excluding carboxylic acids is 1. The minimum atomic E-state index is 0.0196. The van der Waals surface area contributed by atoms with Crippen molar-refractivity contribution in [2.45, 2.75) is 32.9 Å². The lowest BCUT2D eigenvalue weighted by atomic mass is 10.1. The minimum Gasteiger partial charge on any atom is -0.496 e. The second-order valence-corrected chi connectivity index (χ2v) is 12.2. The highest BCUT2D eigenvalue weighted by Crippen LogP contribution is 2.36. The third-order valence-electron chi connectivity index (χ3n) is 7.73. The molecule has 5 aromatic rings. The Balaban J connectivity index is 1.44. The lowest BCUT2D eigenvalue weighted by Gasteiger charge is -2.23. The number of likely N-dealkylation sites (N-methyl/N-ethyl adjacent to an activating group) is 1. The predicted octanol–water partition coefficient (Wildman–Crippen LogP) is 6.97. The van der Waals surface area contributed by atoms with Crippen LogP contribution in [-0.2, 0) is 17.8 Å². The average Bonchev–Trinajstić information content (AvgIpc) is 3.51. The summed E-state index contributed by atoms with van der Waals surface area (Å²) in [5.74, 6) is 2.23. The maximum atomic E-state index is 12.5. The number of carbonyl (C=O) groups is 1. The Morgan fingerprint density at radius 1 is 0.955 bits per heavy atom. The summed E-state index contributed by atoms with van der Waals surface area (Å²) >= 11 is 1.80. The highest BCUT2D eigenvalue weighted by atomic mass is 32.1. The Labute approximate surface area is 263 Å². The Kier molecular flexibility index (Phi) is 9.46. The first-order valence-electron chi connectivity index (χ1n) is 14.7. The van der Waals surface area contributed by atoms with Gasteiger partial charge in [0.05, 0.1) is 25.1 Å². The summed E-state index contributed by atoms with van der Waals surface area (Å²) in [6.07, 6.45) is 0.264. The quantitative estimate of drug-likeness (QED) is 0.168. The van der Waals surface area contributed by atoms with Crippen molar-refractivity contribution >= 4 is 45.3 Å². The van der Waals surface area contributed by atoms with Crippen molar-refractivity contribution in [3.8, 4) is 16.2 Å². The zero-order valence-corrected chi connectivity index (χ0v) is 27.2. The van der Waals surface area contributed by atoms with Gasteiger partial charge in [-0.25, -0.2) is 9.97 Å². The van der Waals surface area contributed by atoms with Gasteiger partial charge >= 0.3 is 0 Å². The second-order valence-electron chi connectivity index (χ2n) is 11.1. The third-order valence-corrected chi connectivity index (χ3v) is 9.03. The number of amides is 1. The monoisotopic (exact) mass is 608 g/mol. The van der Waals surface area contributed by atoms with Crippen LogP contribution < -0.4 is 20.3 Å². The lowest BCUT2D eigenvalue weighted by Crippen LogP contribution is -2.23. The predicted molar refractivity (Wildman–Crippen MR) is 182 cm³/mol. The van der Waals surface area contributed by atoms with Gasteiger partial charge in [-0.3, -0.25) is 4.79 Å². The number of benzene rings is 3. The van der Waals surface area contributed by atoms with Crippen LogP contribution in [0, 0.1) is 6.92 Å². The van der Waals surface area contributed by atoms with E-state index < -0.39 is 0 Å². The Morgan fingerprint density at radius 2 is 1.70 bits per heavy atom. The number of thiophene rings is 1. The number of hydrogen-bond donors (Lipinski definition) is 2. The van der Waals surface area contributed by atoms with Crippen LogP contribution in [0.15, 0.2) is 72.8 Å². The van der Waals surface area contributed by atoms with Crippen LogP contribution in [0.2, 0.25) is 0 Å². The highest BCUT2D eigenvalue weighted by Gasteiger charge is 2.17. The standard InChI is InChI=1S/C35H40N6O2S/c1-22(32-16-17-33(44-32)28-11-9-8-10-24(28)21-36-3)37-35-29-20-27(12-14-30(29)38-23(2)39-35)41(6)26-13-15-31(43-7)25(18-26)19-34(42)40(4)5/h8-18,20,22,36H,19,21H2,1-7H3,(H,37,38,39)/t22-/m1/s1. The van der Waals surface area contributed by atoms with Crippen LogP contribution >= 0.6 is 11.3 Å². The van der Waals surface area contributed by atoms with Crippen molar-refractivity contribution in [2.24, 2.45) is 0 Å².